The van der Waals surface area contributed by atoms with E-state index in [9.17, 15) is 4.79 Å². The number of carbonyl (C=O) groups excluding carboxylic acids is 1. The van der Waals surface area contributed by atoms with Gasteiger partial charge in [-0.25, -0.2) is 0 Å². The minimum atomic E-state index is 0.0142. The first-order valence-corrected chi connectivity index (χ1v) is 5.73. The first-order chi connectivity index (χ1) is 7.13. The number of hydrogen-bond acceptors (Lipinski definition) is 4. The average molecular weight is 226 g/mol. The molecule has 1 rings (SSSR count). The van der Waals surface area contributed by atoms with Crippen LogP contribution in [-0.2, 0) is 0 Å². The lowest BCUT2D eigenvalue weighted by atomic mass is 10.1. The van der Waals surface area contributed by atoms with Gasteiger partial charge in [0.15, 0.2) is 5.78 Å². The summed E-state index contributed by atoms with van der Waals surface area (Å²) in [5.74, 6) is 0.523. The lowest BCUT2D eigenvalue weighted by molar-refractivity contribution is 0.102. The number of benzene rings is 1. The van der Waals surface area contributed by atoms with Crippen LogP contribution >= 0.6 is 11.8 Å². The molecule has 0 aliphatic carbocycles. The third-order valence-electron chi connectivity index (χ3n) is 1.95. The number of aliphatic hydroxyl groups is 1. The number of phenols is 1. The van der Waals surface area contributed by atoms with E-state index in [1.54, 1.807) is 12.1 Å². The standard InChI is InChI=1S/C11H14O3S/c1-8(6-12)15-7-11(14)9-2-4-10(13)5-3-9/h2-5,8,12-13H,6-7H2,1H3. The second kappa shape index (κ2) is 5.78. The van der Waals surface area contributed by atoms with Gasteiger partial charge < -0.3 is 10.2 Å². The molecular weight excluding hydrogens is 212 g/mol. The fraction of sp³-hybridized carbons (Fsp3) is 0.364. The number of Topliss-reactive ketones (excluding diaryl/α,β-unsaturated/α-hetero) is 1. The Hall–Kier alpha value is -1.00. The Balaban J connectivity index is 2.50. The first-order valence-electron chi connectivity index (χ1n) is 4.68. The largest absolute Gasteiger partial charge is 0.508 e. The normalized spacial score (nSPS) is 12.4. The Morgan fingerprint density at radius 3 is 2.53 bits per heavy atom. The molecule has 0 aromatic heterocycles. The summed E-state index contributed by atoms with van der Waals surface area (Å²) in [6, 6.07) is 6.18. The zero-order valence-electron chi connectivity index (χ0n) is 8.51. The van der Waals surface area contributed by atoms with Gasteiger partial charge in [-0.2, -0.15) is 0 Å². The monoisotopic (exact) mass is 226 g/mol. The van der Waals surface area contributed by atoms with Crippen LogP contribution in [-0.4, -0.2) is 33.6 Å². The van der Waals surface area contributed by atoms with Crippen molar-refractivity contribution in [1.29, 1.82) is 0 Å². The number of rotatable bonds is 5. The van der Waals surface area contributed by atoms with Gasteiger partial charge in [0, 0.05) is 10.8 Å². The molecule has 0 fully saturated rings. The SMILES string of the molecule is CC(CO)SCC(=O)c1ccc(O)cc1. The molecule has 0 amide bonds. The summed E-state index contributed by atoms with van der Waals surface area (Å²) in [6.07, 6.45) is 0. The van der Waals surface area contributed by atoms with Crippen molar-refractivity contribution in [2.75, 3.05) is 12.4 Å². The second-order valence-corrected chi connectivity index (χ2v) is 4.70. The summed E-state index contributed by atoms with van der Waals surface area (Å²) < 4.78 is 0. The van der Waals surface area contributed by atoms with Crippen molar-refractivity contribution in [2.45, 2.75) is 12.2 Å². The molecule has 0 aliphatic heterocycles. The Morgan fingerprint density at radius 2 is 2.00 bits per heavy atom. The topological polar surface area (TPSA) is 57.5 Å². The van der Waals surface area contributed by atoms with Gasteiger partial charge in [-0.1, -0.05) is 6.92 Å². The van der Waals surface area contributed by atoms with Crippen molar-refractivity contribution >= 4 is 17.5 Å². The summed E-state index contributed by atoms with van der Waals surface area (Å²) in [4.78, 5) is 11.6. The van der Waals surface area contributed by atoms with Crippen LogP contribution in [0.4, 0.5) is 0 Å². The Morgan fingerprint density at radius 1 is 1.40 bits per heavy atom. The van der Waals surface area contributed by atoms with Gasteiger partial charge in [-0.3, -0.25) is 4.79 Å². The van der Waals surface area contributed by atoms with Crippen LogP contribution in [0.25, 0.3) is 0 Å². The van der Waals surface area contributed by atoms with Gasteiger partial charge in [0.2, 0.25) is 0 Å². The molecule has 1 aromatic rings. The zero-order chi connectivity index (χ0) is 11.3. The number of hydrogen-bond donors (Lipinski definition) is 2. The number of aromatic hydroxyl groups is 1. The zero-order valence-corrected chi connectivity index (χ0v) is 9.33. The molecule has 0 radical (unpaired) electrons. The van der Waals surface area contributed by atoms with Crippen molar-refractivity contribution in [3.63, 3.8) is 0 Å². The third-order valence-corrected chi connectivity index (χ3v) is 3.09. The second-order valence-electron chi connectivity index (χ2n) is 3.27. The van der Waals surface area contributed by atoms with Gasteiger partial charge in [-0.15, -0.1) is 11.8 Å². The Bertz CT molecular complexity index is 321. The van der Waals surface area contributed by atoms with Crippen LogP contribution in [0.5, 0.6) is 5.75 Å². The van der Waals surface area contributed by atoms with Crippen molar-refractivity contribution in [2.24, 2.45) is 0 Å². The highest BCUT2D eigenvalue weighted by molar-refractivity contribution is 8.00. The lowest BCUT2D eigenvalue weighted by Crippen LogP contribution is -2.09. The van der Waals surface area contributed by atoms with Crippen molar-refractivity contribution in [1.82, 2.24) is 0 Å². The smallest absolute Gasteiger partial charge is 0.172 e. The van der Waals surface area contributed by atoms with Crippen LogP contribution in [0.2, 0.25) is 0 Å². The van der Waals surface area contributed by atoms with Crippen molar-refractivity contribution in [3.8, 4) is 5.75 Å². The molecule has 0 saturated heterocycles. The highest BCUT2D eigenvalue weighted by Gasteiger charge is 2.08. The molecule has 0 spiro atoms. The van der Waals surface area contributed by atoms with E-state index in [0.29, 0.717) is 11.3 Å². The quantitative estimate of drug-likeness (QED) is 0.750. The fourth-order valence-electron chi connectivity index (χ4n) is 1.00. The van der Waals surface area contributed by atoms with E-state index in [0.717, 1.165) is 0 Å². The van der Waals surface area contributed by atoms with Crippen LogP contribution in [0.1, 0.15) is 17.3 Å². The van der Waals surface area contributed by atoms with E-state index in [-0.39, 0.29) is 23.4 Å². The van der Waals surface area contributed by atoms with Gasteiger partial charge in [-0.05, 0) is 24.3 Å². The molecule has 3 nitrogen and oxygen atoms in total. The van der Waals surface area contributed by atoms with Crippen LogP contribution in [0.3, 0.4) is 0 Å². The summed E-state index contributed by atoms with van der Waals surface area (Å²) in [5.41, 5.74) is 0.588. The van der Waals surface area contributed by atoms with E-state index >= 15 is 0 Å². The maximum Gasteiger partial charge on any atom is 0.172 e. The van der Waals surface area contributed by atoms with Gasteiger partial charge >= 0.3 is 0 Å². The predicted octanol–water partition coefficient (Wildman–Crippen LogP) is 1.69. The number of ketones is 1. The number of aliphatic hydroxyl groups excluding tert-OH is 1. The van der Waals surface area contributed by atoms with Crippen molar-refractivity contribution in [3.05, 3.63) is 29.8 Å². The summed E-state index contributed by atoms with van der Waals surface area (Å²) >= 11 is 1.42. The molecule has 1 unspecified atom stereocenters. The molecule has 0 aliphatic rings. The Labute approximate surface area is 93.1 Å². The molecule has 15 heavy (non-hydrogen) atoms. The van der Waals surface area contributed by atoms with E-state index in [2.05, 4.69) is 0 Å². The van der Waals surface area contributed by atoms with E-state index in [4.69, 9.17) is 10.2 Å². The first kappa shape index (κ1) is 12.1. The average Bonchev–Trinajstić information content (AvgIpc) is 2.26. The van der Waals surface area contributed by atoms with E-state index in [1.807, 2.05) is 6.92 Å². The molecule has 0 saturated carbocycles. The van der Waals surface area contributed by atoms with Gasteiger partial charge in [0.05, 0.1) is 12.4 Å². The Kier molecular flexibility index (Phi) is 4.65. The van der Waals surface area contributed by atoms with E-state index < -0.39 is 0 Å². The van der Waals surface area contributed by atoms with Crippen LogP contribution in [0, 0.1) is 0 Å². The van der Waals surface area contributed by atoms with E-state index in [1.165, 1.54) is 23.9 Å². The van der Waals surface area contributed by atoms with Crippen molar-refractivity contribution < 1.29 is 15.0 Å². The highest BCUT2D eigenvalue weighted by Crippen LogP contribution is 2.15. The van der Waals surface area contributed by atoms with Gasteiger partial charge in [0.25, 0.3) is 0 Å². The maximum atomic E-state index is 11.6. The molecule has 1 atom stereocenters. The fourth-order valence-corrected chi connectivity index (χ4v) is 1.71. The molecule has 82 valence electrons. The summed E-state index contributed by atoms with van der Waals surface area (Å²) in [7, 11) is 0. The number of carbonyl (C=O) groups is 1. The van der Waals surface area contributed by atoms with Crippen LogP contribution in [0.15, 0.2) is 24.3 Å². The number of phenolic OH excluding ortho intramolecular Hbond substituents is 1. The molecule has 0 heterocycles. The lowest BCUT2D eigenvalue weighted by Gasteiger charge is -2.06. The highest BCUT2D eigenvalue weighted by atomic mass is 32.2. The molecular formula is C11H14O3S. The summed E-state index contributed by atoms with van der Waals surface area (Å²) in [5, 5.41) is 17.9. The van der Waals surface area contributed by atoms with Crippen LogP contribution < -0.4 is 0 Å². The minimum Gasteiger partial charge on any atom is -0.508 e. The molecule has 2 N–H and O–H groups in total. The third kappa shape index (κ3) is 3.93. The van der Waals surface area contributed by atoms with Gasteiger partial charge in [0.1, 0.15) is 5.75 Å². The predicted molar refractivity (Wildman–Crippen MR) is 61.4 cm³/mol. The minimum absolute atomic E-state index is 0.0142. The molecule has 4 heteroatoms. The number of thioether (sulfide) groups is 1. The maximum absolute atomic E-state index is 11.6. The molecule has 0 bridgehead atoms. The molecule has 1 aromatic carbocycles. The summed E-state index contributed by atoms with van der Waals surface area (Å²) in [6.45, 7) is 1.95.